The van der Waals surface area contributed by atoms with E-state index in [9.17, 15) is 18.5 Å². The molecule has 1 atom stereocenters. The first kappa shape index (κ1) is 19.5. The van der Waals surface area contributed by atoms with E-state index in [1.54, 1.807) is 25.1 Å². The van der Waals surface area contributed by atoms with Gasteiger partial charge in [0.2, 0.25) is 10.0 Å². The first-order chi connectivity index (χ1) is 11.7. The molecule has 25 heavy (non-hydrogen) atoms. The molecule has 0 spiro atoms. The predicted molar refractivity (Wildman–Crippen MR) is 97.8 cm³/mol. The monoisotopic (exact) mass is 403 g/mol. The summed E-state index contributed by atoms with van der Waals surface area (Å²) in [5, 5.41) is 15.0. The van der Waals surface area contributed by atoms with Gasteiger partial charge < -0.3 is 5.32 Å². The molecule has 2 aromatic rings. The van der Waals surface area contributed by atoms with Crippen LogP contribution in [0.3, 0.4) is 0 Å². The van der Waals surface area contributed by atoms with Gasteiger partial charge in [-0.15, -0.1) is 0 Å². The van der Waals surface area contributed by atoms with Crippen LogP contribution in [0.4, 0.5) is 11.4 Å². The van der Waals surface area contributed by atoms with E-state index in [4.69, 9.17) is 23.2 Å². The Labute approximate surface area is 155 Å². The molecular weight excluding hydrogens is 389 g/mol. The summed E-state index contributed by atoms with van der Waals surface area (Å²) in [4.78, 5) is 10.5. The van der Waals surface area contributed by atoms with Crippen LogP contribution in [0.1, 0.15) is 18.5 Å². The van der Waals surface area contributed by atoms with Crippen molar-refractivity contribution in [3.63, 3.8) is 0 Å². The van der Waals surface area contributed by atoms with Gasteiger partial charge in [0, 0.05) is 6.07 Å². The molecule has 0 heterocycles. The number of nitro groups is 1. The van der Waals surface area contributed by atoms with Crippen molar-refractivity contribution in [1.82, 2.24) is 4.72 Å². The fourth-order valence-electron chi connectivity index (χ4n) is 2.24. The van der Waals surface area contributed by atoms with Crippen LogP contribution in [0, 0.1) is 10.1 Å². The lowest BCUT2D eigenvalue weighted by molar-refractivity contribution is -0.384. The van der Waals surface area contributed by atoms with Gasteiger partial charge in [-0.2, -0.15) is 0 Å². The molecule has 2 rings (SSSR count). The number of nitrogens with one attached hydrogen (secondary N) is 2. The van der Waals surface area contributed by atoms with E-state index in [1.807, 2.05) is 0 Å². The van der Waals surface area contributed by atoms with Crippen LogP contribution in [0.15, 0.2) is 41.3 Å². The number of halogens is 2. The van der Waals surface area contributed by atoms with Crippen LogP contribution in [0.2, 0.25) is 10.0 Å². The number of hydrogen-bond acceptors (Lipinski definition) is 5. The van der Waals surface area contributed by atoms with E-state index in [0.717, 1.165) is 6.07 Å². The lowest BCUT2D eigenvalue weighted by Gasteiger charge is -2.18. The first-order valence-corrected chi connectivity index (χ1v) is 9.33. The number of nitrogens with zero attached hydrogens (tertiary/aromatic N) is 1. The van der Waals surface area contributed by atoms with Crippen LogP contribution in [-0.4, -0.2) is 20.4 Å². The second-order valence-corrected chi connectivity index (χ2v) is 7.82. The minimum atomic E-state index is -3.78. The molecule has 0 radical (unpaired) electrons. The Hall–Kier alpha value is -1.87. The molecule has 0 fully saturated rings. The smallest absolute Gasteiger partial charge is 0.293 e. The number of nitro benzene ring substituents is 1. The maximum Gasteiger partial charge on any atom is 0.293 e. The molecule has 0 saturated heterocycles. The van der Waals surface area contributed by atoms with E-state index >= 15 is 0 Å². The third kappa shape index (κ3) is 4.21. The van der Waals surface area contributed by atoms with Crippen molar-refractivity contribution in [2.24, 2.45) is 0 Å². The van der Waals surface area contributed by atoms with E-state index < -0.39 is 21.0 Å². The minimum absolute atomic E-state index is 0.170. The average molecular weight is 404 g/mol. The highest BCUT2D eigenvalue weighted by atomic mass is 35.5. The van der Waals surface area contributed by atoms with Crippen LogP contribution in [-0.2, 0) is 10.0 Å². The molecule has 2 N–H and O–H groups in total. The largest absolute Gasteiger partial charge is 0.373 e. The molecule has 134 valence electrons. The molecule has 0 amide bonds. The van der Waals surface area contributed by atoms with E-state index in [-0.39, 0.29) is 16.3 Å². The summed E-state index contributed by atoms with van der Waals surface area (Å²) in [6.45, 7) is 1.76. The van der Waals surface area contributed by atoms with Gasteiger partial charge in [-0.1, -0.05) is 35.3 Å². The van der Waals surface area contributed by atoms with Gasteiger partial charge in [0.1, 0.15) is 5.69 Å². The van der Waals surface area contributed by atoms with Crippen molar-refractivity contribution in [2.75, 3.05) is 12.4 Å². The van der Waals surface area contributed by atoms with Crippen molar-refractivity contribution in [2.45, 2.75) is 17.9 Å². The molecule has 1 unspecified atom stereocenters. The van der Waals surface area contributed by atoms with Gasteiger partial charge in [-0.25, -0.2) is 13.1 Å². The molecule has 0 aliphatic heterocycles. The standard InChI is InChI=1S/C15H15Cl2N3O4S/c1-9(11-4-3-5-12(16)15(11)17)19-13-7-6-10(25(23,24)18-2)8-14(13)20(21)22/h3-9,18-19H,1-2H3. The molecule has 7 nitrogen and oxygen atoms in total. The summed E-state index contributed by atoms with van der Waals surface area (Å²) in [7, 11) is -2.55. The molecule has 2 aromatic carbocycles. The summed E-state index contributed by atoms with van der Waals surface area (Å²) in [5.41, 5.74) is 0.473. The first-order valence-electron chi connectivity index (χ1n) is 7.10. The van der Waals surface area contributed by atoms with Gasteiger partial charge in [0.25, 0.3) is 5.69 Å². The maximum absolute atomic E-state index is 11.8. The van der Waals surface area contributed by atoms with E-state index in [1.165, 1.54) is 19.2 Å². The van der Waals surface area contributed by atoms with Crippen molar-refractivity contribution in [3.8, 4) is 0 Å². The lowest BCUT2D eigenvalue weighted by atomic mass is 10.1. The van der Waals surface area contributed by atoms with Gasteiger partial charge in [-0.3, -0.25) is 10.1 Å². The second kappa shape index (κ2) is 7.57. The third-order valence-electron chi connectivity index (χ3n) is 3.56. The van der Waals surface area contributed by atoms with Crippen molar-refractivity contribution in [1.29, 1.82) is 0 Å². The Morgan fingerprint density at radius 3 is 2.48 bits per heavy atom. The molecule has 0 bridgehead atoms. The predicted octanol–water partition coefficient (Wildman–Crippen LogP) is 3.98. The highest BCUT2D eigenvalue weighted by molar-refractivity contribution is 7.89. The van der Waals surface area contributed by atoms with Gasteiger partial charge >= 0.3 is 0 Å². The van der Waals surface area contributed by atoms with E-state index in [2.05, 4.69) is 10.0 Å². The Morgan fingerprint density at radius 1 is 1.20 bits per heavy atom. The van der Waals surface area contributed by atoms with Crippen molar-refractivity contribution < 1.29 is 13.3 Å². The summed E-state index contributed by atoms with van der Waals surface area (Å²) in [5.74, 6) is 0. The molecule has 0 aliphatic carbocycles. The van der Waals surface area contributed by atoms with Crippen molar-refractivity contribution >= 4 is 44.6 Å². The Morgan fingerprint density at radius 2 is 1.88 bits per heavy atom. The lowest BCUT2D eigenvalue weighted by Crippen LogP contribution is -2.19. The quantitative estimate of drug-likeness (QED) is 0.560. The fourth-order valence-corrected chi connectivity index (χ4v) is 3.46. The summed E-state index contributed by atoms with van der Waals surface area (Å²) < 4.78 is 25.8. The zero-order chi connectivity index (χ0) is 18.8. The number of benzene rings is 2. The summed E-state index contributed by atoms with van der Waals surface area (Å²) in [6.07, 6.45) is 0. The van der Waals surface area contributed by atoms with Crippen LogP contribution in [0.25, 0.3) is 0 Å². The number of anilines is 1. The zero-order valence-corrected chi connectivity index (χ0v) is 15.6. The summed E-state index contributed by atoms with van der Waals surface area (Å²) in [6, 6.07) is 8.35. The highest BCUT2D eigenvalue weighted by Crippen LogP contribution is 2.34. The highest BCUT2D eigenvalue weighted by Gasteiger charge is 2.22. The van der Waals surface area contributed by atoms with Crippen LogP contribution < -0.4 is 10.0 Å². The van der Waals surface area contributed by atoms with Gasteiger partial charge in [-0.05, 0) is 37.7 Å². The number of rotatable bonds is 6. The molecule has 0 saturated carbocycles. The molecular formula is C15H15Cl2N3O4S. The Balaban J connectivity index is 2.42. The third-order valence-corrected chi connectivity index (χ3v) is 5.81. The van der Waals surface area contributed by atoms with Gasteiger partial charge in [0.05, 0.1) is 25.9 Å². The fraction of sp³-hybridized carbons (Fsp3) is 0.200. The molecule has 10 heteroatoms. The second-order valence-electron chi connectivity index (χ2n) is 5.15. The maximum atomic E-state index is 11.8. The van der Waals surface area contributed by atoms with E-state index in [0.29, 0.717) is 15.6 Å². The topological polar surface area (TPSA) is 101 Å². The summed E-state index contributed by atoms with van der Waals surface area (Å²) >= 11 is 12.2. The van der Waals surface area contributed by atoms with Crippen LogP contribution in [0.5, 0.6) is 0 Å². The van der Waals surface area contributed by atoms with Crippen molar-refractivity contribution in [3.05, 3.63) is 62.1 Å². The normalized spacial score (nSPS) is 12.6. The Bertz CT molecular complexity index is 919. The molecule has 0 aliphatic rings. The number of hydrogen-bond donors (Lipinski definition) is 2. The minimum Gasteiger partial charge on any atom is -0.373 e. The average Bonchev–Trinajstić information content (AvgIpc) is 2.57. The Kier molecular flexibility index (Phi) is 5.89. The number of sulfonamides is 1. The molecule has 0 aromatic heterocycles. The van der Waals surface area contributed by atoms with Crippen LogP contribution >= 0.6 is 23.2 Å². The SMILES string of the molecule is CNS(=O)(=O)c1ccc(NC(C)c2cccc(Cl)c2Cl)c([N+](=O)[O-])c1. The zero-order valence-electron chi connectivity index (χ0n) is 13.3. The van der Waals surface area contributed by atoms with Gasteiger partial charge in [0.15, 0.2) is 0 Å².